The first kappa shape index (κ1) is 18.2. The van der Waals surface area contributed by atoms with Crippen LogP contribution in [0.3, 0.4) is 0 Å². The fourth-order valence-electron chi connectivity index (χ4n) is 1.88. The molecule has 0 radical (unpaired) electrons. The van der Waals surface area contributed by atoms with Crippen molar-refractivity contribution < 1.29 is 14.7 Å². The van der Waals surface area contributed by atoms with Gasteiger partial charge in [0.15, 0.2) is 0 Å². The predicted molar refractivity (Wildman–Crippen MR) is 84.8 cm³/mol. The minimum atomic E-state index is -1.01. The van der Waals surface area contributed by atoms with Gasteiger partial charge in [-0.15, -0.1) is 0 Å². The lowest BCUT2D eigenvalue weighted by Crippen LogP contribution is -2.41. The van der Waals surface area contributed by atoms with E-state index in [2.05, 4.69) is 10.4 Å². The predicted octanol–water partition coefficient (Wildman–Crippen LogP) is 2.65. The minimum absolute atomic E-state index is 0.0234. The maximum absolute atomic E-state index is 12.2. The van der Waals surface area contributed by atoms with Crippen molar-refractivity contribution in [3.8, 4) is 0 Å². The number of hydrogen-bond acceptors (Lipinski definition) is 3. The highest BCUT2D eigenvalue weighted by Crippen LogP contribution is 2.22. The van der Waals surface area contributed by atoms with Crippen LogP contribution in [0.1, 0.15) is 64.7 Å². The Morgan fingerprint density at radius 1 is 1.27 bits per heavy atom. The molecule has 1 aromatic rings. The van der Waals surface area contributed by atoms with Gasteiger partial charge in [0.05, 0.1) is 17.3 Å². The smallest absolute Gasteiger partial charge is 0.326 e. The number of carbonyl (C=O) groups is 2. The molecule has 0 aliphatic carbocycles. The summed E-state index contributed by atoms with van der Waals surface area (Å²) in [6.07, 6.45) is 4.21. The highest BCUT2D eigenvalue weighted by Gasteiger charge is 2.24. The van der Waals surface area contributed by atoms with E-state index in [1.807, 2.05) is 41.5 Å². The first-order chi connectivity index (χ1) is 9.90. The molecule has 0 aromatic carbocycles. The van der Waals surface area contributed by atoms with E-state index in [1.54, 1.807) is 10.9 Å². The molecule has 124 valence electrons. The summed E-state index contributed by atoms with van der Waals surface area (Å²) >= 11 is 0. The zero-order chi connectivity index (χ0) is 17.1. The zero-order valence-electron chi connectivity index (χ0n) is 14.3. The van der Waals surface area contributed by atoms with Crippen LogP contribution in [0.15, 0.2) is 12.4 Å². The van der Waals surface area contributed by atoms with E-state index >= 15 is 0 Å². The van der Waals surface area contributed by atoms with Gasteiger partial charge in [-0.05, 0) is 39.0 Å². The van der Waals surface area contributed by atoms with Gasteiger partial charge < -0.3 is 10.4 Å². The van der Waals surface area contributed by atoms with Crippen LogP contribution in [0.25, 0.3) is 0 Å². The summed E-state index contributed by atoms with van der Waals surface area (Å²) in [5.41, 5.74) is 0.170. The maximum Gasteiger partial charge on any atom is 0.326 e. The Balaban J connectivity index is 2.75. The van der Waals surface area contributed by atoms with Gasteiger partial charge in [0, 0.05) is 6.20 Å². The molecule has 1 aromatic heterocycles. The second-order valence-electron chi connectivity index (χ2n) is 7.81. The number of amides is 1. The number of nitrogens with one attached hydrogen (secondary N) is 1. The highest BCUT2D eigenvalue weighted by molar-refractivity contribution is 5.96. The average molecular weight is 309 g/mol. The molecule has 1 heterocycles. The molecule has 0 saturated carbocycles. The highest BCUT2D eigenvalue weighted by atomic mass is 16.4. The van der Waals surface area contributed by atoms with Crippen LogP contribution in [0.4, 0.5) is 0 Å². The molecule has 6 heteroatoms. The number of hydrogen-bond donors (Lipinski definition) is 2. The standard InChI is InChI=1S/C16H27N3O3/c1-15(2,3)8-7-12(14(21)22)18-13(20)11-9-17-19(10-11)16(4,5)6/h9-10,12H,7-8H2,1-6H3,(H,18,20)(H,21,22). The van der Waals surface area contributed by atoms with Crippen molar-refractivity contribution in [1.82, 2.24) is 15.1 Å². The van der Waals surface area contributed by atoms with Crippen LogP contribution in [-0.4, -0.2) is 32.8 Å². The number of carboxylic acid groups (broad SMARTS) is 1. The first-order valence-electron chi connectivity index (χ1n) is 7.49. The second-order valence-corrected chi connectivity index (χ2v) is 7.81. The Morgan fingerprint density at radius 2 is 1.86 bits per heavy atom. The molecular formula is C16H27N3O3. The number of nitrogens with zero attached hydrogens (tertiary/aromatic N) is 2. The van der Waals surface area contributed by atoms with Gasteiger partial charge in [-0.3, -0.25) is 9.48 Å². The summed E-state index contributed by atoms with van der Waals surface area (Å²) in [5.74, 6) is -1.42. The molecule has 0 aliphatic heterocycles. The van der Waals surface area contributed by atoms with Gasteiger partial charge in [-0.1, -0.05) is 20.8 Å². The molecule has 0 aliphatic rings. The van der Waals surface area contributed by atoms with E-state index in [0.29, 0.717) is 18.4 Å². The number of carbonyl (C=O) groups excluding carboxylic acids is 1. The molecule has 1 unspecified atom stereocenters. The third kappa shape index (κ3) is 5.50. The fourth-order valence-corrected chi connectivity index (χ4v) is 1.88. The van der Waals surface area contributed by atoms with Crippen LogP contribution in [0.5, 0.6) is 0 Å². The van der Waals surface area contributed by atoms with Crippen LogP contribution in [-0.2, 0) is 10.3 Å². The van der Waals surface area contributed by atoms with Gasteiger partial charge in [0.1, 0.15) is 6.04 Å². The number of carboxylic acids is 1. The summed E-state index contributed by atoms with van der Waals surface area (Å²) in [6.45, 7) is 12.1. The lowest BCUT2D eigenvalue weighted by atomic mass is 9.88. The van der Waals surface area contributed by atoms with E-state index in [-0.39, 0.29) is 11.0 Å². The quantitative estimate of drug-likeness (QED) is 0.875. The van der Waals surface area contributed by atoms with Crippen LogP contribution < -0.4 is 5.32 Å². The van der Waals surface area contributed by atoms with E-state index in [9.17, 15) is 14.7 Å². The Morgan fingerprint density at radius 3 is 2.27 bits per heavy atom. The molecule has 0 saturated heterocycles. The molecular weight excluding hydrogens is 282 g/mol. The fraction of sp³-hybridized carbons (Fsp3) is 0.688. The third-order valence-corrected chi connectivity index (χ3v) is 3.32. The molecule has 1 rings (SSSR count). The first-order valence-corrected chi connectivity index (χ1v) is 7.49. The Hall–Kier alpha value is -1.85. The number of rotatable bonds is 5. The molecule has 6 nitrogen and oxygen atoms in total. The lowest BCUT2D eigenvalue weighted by Gasteiger charge is -2.21. The lowest BCUT2D eigenvalue weighted by molar-refractivity contribution is -0.139. The van der Waals surface area contributed by atoms with Gasteiger partial charge in [0.2, 0.25) is 0 Å². The molecule has 2 N–H and O–H groups in total. The number of aliphatic carboxylic acids is 1. The van der Waals surface area contributed by atoms with Gasteiger partial charge >= 0.3 is 5.97 Å². The molecule has 22 heavy (non-hydrogen) atoms. The maximum atomic E-state index is 12.2. The molecule has 0 fully saturated rings. The normalized spacial score (nSPS) is 13.7. The van der Waals surface area contributed by atoms with Crippen LogP contribution in [0.2, 0.25) is 0 Å². The second kappa shape index (κ2) is 6.50. The van der Waals surface area contributed by atoms with Gasteiger partial charge in [-0.2, -0.15) is 5.10 Å². The summed E-state index contributed by atoms with van der Waals surface area (Å²) in [6, 6.07) is -0.885. The Labute approximate surface area is 131 Å². The van der Waals surface area contributed by atoms with Crippen LogP contribution >= 0.6 is 0 Å². The van der Waals surface area contributed by atoms with E-state index < -0.39 is 17.9 Å². The largest absolute Gasteiger partial charge is 0.480 e. The summed E-state index contributed by atoms with van der Waals surface area (Å²) in [5, 5.41) is 16.0. The minimum Gasteiger partial charge on any atom is -0.480 e. The van der Waals surface area contributed by atoms with Gasteiger partial charge in [-0.25, -0.2) is 4.79 Å². The summed E-state index contributed by atoms with van der Waals surface area (Å²) in [4.78, 5) is 23.5. The van der Waals surface area contributed by atoms with Crippen molar-refractivity contribution in [2.45, 2.75) is 66.0 Å². The topological polar surface area (TPSA) is 84.2 Å². The van der Waals surface area contributed by atoms with Crippen molar-refractivity contribution in [2.24, 2.45) is 5.41 Å². The van der Waals surface area contributed by atoms with E-state index in [1.165, 1.54) is 6.20 Å². The van der Waals surface area contributed by atoms with Crippen molar-refractivity contribution in [1.29, 1.82) is 0 Å². The van der Waals surface area contributed by atoms with Crippen molar-refractivity contribution in [3.05, 3.63) is 18.0 Å². The third-order valence-electron chi connectivity index (χ3n) is 3.32. The monoisotopic (exact) mass is 309 g/mol. The van der Waals surface area contributed by atoms with E-state index in [0.717, 1.165) is 0 Å². The molecule has 0 spiro atoms. The number of aromatic nitrogens is 2. The summed E-state index contributed by atoms with van der Waals surface area (Å²) < 4.78 is 1.69. The average Bonchev–Trinajstić information content (AvgIpc) is 2.81. The molecule has 1 atom stereocenters. The molecule has 0 bridgehead atoms. The zero-order valence-corrected chi connectivity index (χ0v) is 14.3. The van der Waals surface area contributed by atoms with Crippen molar-refractivity contribution in [3.63, 3.8) is 0 Å². The van der Waals surface area contributed by atoms with Crippen molar-refractivity contribution in [2.75, 3.05) is 0 Å². The SMILES string of the molecule is CC(C)(C)CCC(NC(=O)c1cnn(C(C)(C)C)c1)C(=O)O. The Bertz CT molecular complexity index is 536. The van der Waals surface area contributed by atoms with Crippen molar-refractivity contribution >= 4 is 11.9 Å². The van der Waals surface area contributed by atoms with E-state index in [4.69, 9.17) is 0 Å². The Kier molecular flexibility index (Phi) is 5.38. The van der Waals surface area contributed by atoms with Gasteiger partial charge in [0.25, 0.3) is 5.91 Å². The summed E-state index contributed by atoms with van der Waals surface area (Å²) in [7, 11) is 0. The van der Waals surface area contributed by atoms with Crippen LogP contribution in [0, 0.1) is 5.41 Å². The molecule has 1 amide bonds.